The van der Waals surface area contributed by atoms with E-state index in [1.54, 1.807) is 0 Å². The molecule has 0 unspecified atom stereocenters. The monoisotopic (exact) mass is 504 g/mol. The second-order valence-electron chi connectivity index (χ2n) is 9.09. The van der Waals surface area contributed by atoms with Gasteiger partial charge in [0.15, 0.2) is 0 Å². The summed E-state index contributed by atoms with van der Waals surface area (Å²) in [5, 5.41) is 13.5. The second-order valence-corrected chi connectivity index (χ2v) is 9.09. The topological polar surface area (TPSA) is 49.7 Å². The molecule has 0 spiro atoms. The number of benzene rings is 4. The lowest BCUT2D eigenvalue weighted by Gasteiger charge is -2.31. The smallest absolute Gasteiger partial charge is 0.120 e. The molecule has 1 fully saturated rings. The highest BCUT2D eigenvalue weighted by molar-refractivity contribution is 5.80. The van der Waals surface area contributed by atoms with Crippen molar-refractivity contribution in [3.8, 4) is 11.5 Å². The zero-order chi connectivity index (χ0) is 25.8. The first-order chi connectivity index (χ1) is 18.8. The summed E-state index contributed by atoms with van der Waals surface area (Å²) in [6.07, 6.45) is 3.80. The van der Waals surface area contributed by atoms with E-state index in [-0.39, 0.29) is 0 Å². The van der Waals surface area contributed by atoms with Crippen LogP contribution in [0.15, 0.2) is 119 Å². The lowest BCUT2D eigenvalue weighted by atomic mass is 10.2. The molecule has 192 valence electrons. The first kappa shape index (κ1) is 25.1. The van der Waals surface area contributed by atoms with E-state index in [1.807, 2.05) is 97.4 Å². The molecule has 0 bridgehead atoms. The molecule has 0 N–H and O–H groups in total. The van der Waals surface area contributed by atoms with Crippen LogP contribution in [0.5, 0.6) is 11.5 Å². The summed E-state index contributed by atoms with van der Waals surface area (Å²) in [6.45, 7) is 4.37. The molecule has 5 rings (SSSR count). The number of nitrogens with zero attached hydrogens (tertiary/aromatic N) is 4. The minimum Gasteiger partial charge on any atom is -0.489 e. The molecule has 1 heterocycles. The summed E-state index contributed by atoms with van der Waals surface area (Å²) in [5.41, 5.74) is 4.34. The van der Waals surface area contributed by atoms with Gasteiger partial charge in [0.05, 0.1) is 38.6 Å². The highest BCUT2D eigenvalue weighted by Gasteiger charge is 2.13. The van der Waals surface area contributed by atoms with Gasteiger partial charge in [0.25, 0.3) is 0 Å². The van der Waals surface area contributed by atoms with Crippen LogP contribution < -0.4 is 9.47 Å². The zero-order valence-electron chi connectivity index (χ0n) is 21.4. The van der Waals surface area contributed by atoms with Gasteiger partial charge in [-0.05, 0) is 46.5 Å². The van der Waals surface area contributed by atoms with Crippen LogP contribution >= 0.6 is 0 Å². The Morgan fingerprint density at radius 3 is 1.37 bits per heavy atom. The Kier molecular flexibility index (Phi) is 8.65. The molecule has 6 nitrogen and oxygen atoms in total. The normalized spacial score (nSPS) is 13.8. The third-order valence-corrected chi connectivity index (χ3v) is 6.19. The Morgan fingerprint density at radius 1 is 0.526 bits per heavy atom. The quantitative estimate of drug-likeness (QED) is 0.255. The number of piperazine rings is 1. The lowest BCUT2D eigenvalue weighted by molar-refractivity contribution is 0.141. The van der Waals surface area contributed by atoms with E-state index in [4.69, 9.17) is 9.47 Å². The Balaban J connectivity index is 1.07. The van der Waals surface area contributed by atoms with Crippen LogP contribution in [0, 0.1) is 0 Å². The highest BCUT2D eigenvalue weighted by atomic mass is 16.5. The van der Waals surface area contributed by atoms with Gasteiger partial charge in [-0.1, -0.05) is 84.9 Å². The largest absolute Gasteiger partial charge is 0.489 e. The summed E-state index contributed by atoms with van der Waals surface area (Å²) in [5.74, 6) is 1.68. The molecule has 38 heavy (non-hydrogen) atoms. The van der Waals surface area contributed by atoms with Crippen molar-refractivity contribution >= 4 is 12.4 Å². The predicted molar refractivity (Wildman–Crippen MR) is 153 cm³/mol. The molecule has 0 atom stereocenters. The average Bonchev–Trinajstić information content (AvgIpc) is 2.99. The molecule has 0 aromatic heterocycles. The first-order valence-electron chi connectivity index (χ1n) is 12.9. The van der Waals surface area contributed by atoms with Crippen LogP contribution in [0.3, 0.4) is 0 Å². The number of hydrazone groups is 2. The van der Waals surface area contributed by atoms with Crippen molar-refractivity contribution in [1.29, 1.82) is 0 Å². The maximum atomic E-state index is 5.94. The third kappa shape index (κ3) is 7.71. The minimum atomic E-state index is 0.551. The van der Waals surface area contributed by atoms with Gasteiger partial charge in [-0.25, -0.2) is 0 Å². The Labute approximate surface area is 224 Å². The van der Waals surface area contributed by atoms with Crippen LogP contribution in [-0.4, -0.2) is 48.6 Å². The number of ether oxygens (including phenoxy) is 2. The Morgan fingerprint density at radius 2 is 0.947 bits per heavy atom. The van der Waals surface area contributed by atoms with E-state index in [0.29, 0.717) is 13.2 Å². The van der Waals surface area contributed by atoms with Crippen LogP contribution in [0.4, 0.5) is 0 Å². The lowest BCUT2D eigenvalue weighted by Crippen LogP contribution is -2.41. The molecule has 4 aromatic rings. The third-order valence-electron chi connectivity index (χ3n) is 6.19. The summed E-state index contributed by atoms with van der Waals surface area (Å²) >= 11 is 0. The van der Waals surface area contributed by atoms with Gasteiger partial charge in [-0.3, -0.25) is 10.0 Å². The summed E-state index contributed by atoms with van der Waals surface area (Å²) in [4.78, 5) is 0. The predicted octanol–water partition coefficient (Wildman–Crippen LogP) is 5.83. The molecular formula is C32H32N4O2. The fraction of sp³-hybridized carbons (Fsp3) is 0.188. The Bertz CT molecular complexity index is 1230. The van der Waals surface area contributed by atoms with Crippen LogP contribution in [-0.2, 0) is 13.2 Å². The fourth-order valence-electron chi connectivity index (χ4n) is 4.06. The van der Waals surface area contributed by atoms with Gasteiger partial charge < -0.3 is 9.47 Å². The SMILES string of the molecule is C(=NN1CCN(N=Cc2cccc(OCc3ccccc3)c2)CC1)c1cccc(OCc2ccccc2)c1. The van der Waals surface area contributed by atoms with Crippen molar-refractivity contribution in [2.45, 2.75) is 13.2 Å². The van der Waals surface area contributed by atoms with E-state index in [0.717, 1.165) is 59.9 Å². The molecule has 0 aliphatic carbocycles. The zero-order valence-corrected chi connectivity index (χ0v) is 21.4. The van der Waals surface area contributed by atoms with Gasteiger partial charge in [0, 0.05) is 0 Å². The van der Waals surface area contributed by atoms with Crippen molar-refractivity contribution < 1.29 is 9.47 Å². The van der Waals surface area contributed by atoms with E-state index in [2.05, 4.69) is 44.5 Å². The van der Waals surface area contributed by atoms with Gasteiger partial charge in [0.1, 0.15) is 24.7 Å². The molecule has 6 heteroatoms. The van der Waals surface area contributed by atoms with E-state index >= 15 is 0 Å². The molecular weight excluding hydrogens is 472 g/mol. The molecule has 0 radical (unpaired) electrons. The minimum absolute atomic E-state index is 0.551. The van der Waals surface area contributed by atoms with Crippen molar-refractivity contribution in [3.63, 3.8) is 0 Å². The van der Waals surface area contributed by atoms with Crippen molar-refractivity contribution in [2.75, 3.05) is 26.2 Å². The Hall–Kier alpha value is -4.58. The molecule has 0 amide bonds. The van der Waals surface area contributed by atoms with Gasteiger partial charge in [-0.2, -0.15) is 10.2 Å². The number of rotatable bonds is 10. The van der Waals surface area contributed by atoms with Crippen molar-refractivity contribution in [2.24, 2.45) is 10.2 Å². The van der Waals surface area contributed by atoms with Crippen LogP contribution in [0.25, 0.3) is 0 Å². The summed E-state index contributed by atoms with van der Waals surface area (Å²) < 4.78 is 11.9. The van der Waals surface area contributed by atoms with Gasteiger partial charge in [-0.15, -0.1) is 0 Å². The van der Waals surface area contributed by atoms with Crippen molar-refractivity contribution in [3.05, 3.63) is 131 Å². The standard InChI is InChI=1S/C32H32N4O2/c1-3-9-27(10-4-1)25-37-31-15-7-13-29(21-31)23-33-35-17-19-36(20-18-35)34-24-30-14-8-16-32(22-30)38-26-28-11-5-2-6-12-28/h1-16,21-24H,17-20,25-26H2. The van der Waals surface area contributed by atoms with Gasteiger partial charge in [0.2, 0.25) is 0 Å². The van der Waals surface area contributed by atoms with Crippen LogP contribution in [0.2, 0.25) is 0 Å². The highest BCUT2D eigenvalue weighted by Crippen LogP contribution is 2.16. The van der Waals surface area contributed by atoms with Crippen LogP contribution in [0.1, 0.15) is 22.3 Å². The second kappa shape index (κ2) is 13.1. The van der Waals surface area contributed by atoms with Crippen molar-refractivity contribution in [1.82, 2.24) is 10.0 Å². The molecule has 0 saturated carbocycles. The molecule has 1 aliphatic heterocycles. The van der Waals surface area contributed by atoms with E-state index in [1.165, 1.54) is 0 Å². The van der Waals surface area contributed by atoms with E-state index in [9.17, 15) is 0 Å². The average molecular weight is 505 g/mol. The number of hydrogen-bond acceptors (Lipinski definition) is 6. The molecule has 1 saturated heterocycles. The maximum Gasteiger partial charge on any atom is 0.120 e. The maximum absolute atomic E-state index is 5.94. The summed E-state index contributed by atoms with van der Waals surface area (Å²) in [6, 6.07) is 36.4. The van der Waals surface area contributed by atoms with Gasteiger partial charge >= 0.3 is 0 Å². The number of hydrogen-bond donors (Lipinski definition) is 0. The fourth-order valence-corrected chi connectivity index (χ4v) is 4.06. The van der Waals surface area contributed by atoms with E-state index < -0.39 is 0 Å². The molecule has 4 aromatic carbocycles. The molecule has 1 aliphatic rings. The summed E-state index contributed by atoms with van der Waals surface area (Å²) in [7, 11) is 0. The first-order valence-corrected chi connectivity index (χ1v) is 12.9.